The molecule has 4 aromatic carbocycles. The zero-order valence-electron chi connectivity index (χ0n) is 35.5. The number of ether oxygens (including phenoxy) is 3. The molecule has 0 aliphatic carbocycles. The summed E-state index contributed by atoms with van der Waals surface area (Å²) in [6.07, 6.45) is 3.48. The average molecular weight is 872 g/mol. The number of rotatable bonds is 15. The summed E-state index contributed by atoms with van der Waals surface area (Å²) in [6.45, 7) is 9.03. The number of hydrogen-bond donors (Lipinski definition) is 4. The van der Waals surface area contributed by atoms with E-state index in [1.807, 2.05) is 45.0 Å². The molecule has 0 spiro atoms. The number of nitrogens with one attached hydrogen (secondary N) is 4. The van der Waals surface area contributed by atoms with E-state index in [4.69, 9.17) is 14.2 Å². The standard InChI is InChI=1S/C44H53N7O8S2/c1-44(2,3)29-25-36(41(58-6)37(26-29)49-61(7,55)56)48-43(53)47-35-15-16-38(33-12-9-8-11-32(33)35)59-31-17-18-45-40(28-31)46-30-13-14-34(39(27-30)57-5)42(52)50(4)19-10-20-51-21-23-60(54)24-22-51/h8-9,11-18,25-28,49H,10,19-24H2,1-7H3,(H,45,46)(H2,47,48,53). The zero-order valence-corrected chi connectivity index (χ0v) is 37.1. The van der Waals surface area contributed by atoms with Crippen LogP contribution in [0.1, 0.15) is 43.1 Å². The minimum Gasteiger partial charge on any atom is -0.496 e. The van der Waals surface area contributed by atoms with Crippen molar-refractivity contribution in [2.75, 3.05) is 85.9 Å². The lowest BCUT2D eigenvalue weighted by molar-refractivity contribution is 0.0785. The van der Waals surface area contributed by atoms with Crippen molar-refractivity contribution >= 4 is 72.1 Å². The number of sulfonamides is 1. The van der Waals surface area contributed by atoms with E-state index in [2.05, 4.69) is 30.6 Å². The number of carbonyl (C=O) groups excluding carboxylic acids is 2. The molecule has 15 nitrogen and oxygen atoms in total. The highest BCUT2D eigenvalue weighted by Crippen LogP contribution is 2.40. The molecule has 0 unspecified atom stereocenters. The van der Waals surface area contributed by atoms with Gasteiger partial charge in [0, 0.05) is 83.8 Å². The van der Waals surface area contributed by atoms with Crippen LogP contribution in [0.3, 0.4) is 0 Å². The molecule has 0 radical (unpaired) electrons. The number of pyridine rings is 1. The second-order valence-electron chi connectivity index (χ2n) is 15.8. The lowest BCUT2D eigenvalue weighted by Gasteiger charge is -2.27. The molecule has 61 heavy (non-hydrogen) atoms. The van der Waals surface area contributed by atoms with Gasteiger partial charge < -0.3 is 40.0 Å². The van der Waals surface area contributed by atoms with E-state index in [0.717, 1.165) is 43.3 Å². The van der Waals surface area contributed by atoms with Gasteiger partial charge in [-0.3, -0.25) is 13.7 Å². The van der Waals surface area contributed by atoms with Gasteiger partial charge in [0.1, 0.15) is 23.1 Å². The molecule has 1 fully saturated rings. The lowest BCUT2D eigenvalue weighted by atomic mass is 9.86. The summed E-state index contributed by atoms with van der Waals surface area (Å²) in [5.41, 5.74) is 2.52. The third-order valence-electron chi connectivity index (χ3n) is 10.1. The number of anilines is 5. The van der Waals surface area contributed by atoms with Crippen LogP contribution in [0.15, 0.2) is 85.1 Å². The molecule has 0 bridgehead atoms. The molecule has 324 valence electrons. The smallest absolute Gasteiger partial charge is 0.323 e. The minimum atomic E-state index is -3.65. The van der Waals surface area contributed by atoms with E-state index >= 15 is 0 Å². The summed E-state index contributed by atoms with van der Waals surface area (Å²) in [4.78, 5) is 35.4. The lowest BCUT2D eigenvalue weighted by Crippen LogP contribution is -2.39. The Hall–Kier alpha value is -5.91. The predicted molar refractivity (Wildman–Crippen MR) is 243 cm³/mol. The second-order valence-corrected chi connectivity index (χ2v) is 19.2. The van der Waals surface area contributed by atoms with Crippen molar-refractivity contribution in [3.8, 4) is 23.0 Å². The highest BCUT2D eigenvalue weighted by Gasteiger charge is 2.23. The van der Waals surface area contributed by atoms with E-state index in [1.165, 1.54) is 14.2 Å². The second kappa shape index (κ2) is 19.2. The quantitative estimate of drug-likeness (QED) is 0.0813. The fourth-order valence-corrected chi connectivity index (χ4v) is 8.58. The van der Waals surface area contributed by atoms with Gasteiger partial charge in [-0.25, -0.2) is 18.2 Å². The molecule has 1 aliphatic rings. The maximum absolute atomic E-state index is 13.5. The number of amides is 3. The molecule has 1 aromatic heterocycles. The molecule has 0 saturated carbocycles. The van der Waals surface area contributed by atoms with Crippen molar-refractivity contribution in [1.82, 2.24) is 14.8 Å². The number of nitrogens with zero attached hydrogens (tertiary/aromatic N) is 3. The van der Waals surface area contributed by atoms with Crippen LogP contribution < -0.4 is 34.9 Å². The van der Waals surface area contributed by atoms with E-state index in [1.54, 1.807) is 72.7 Å². The average Bonchev–Trinajstić information content (AvgIpc) is 3.21. The van der Waals surface area contributed by atoms with Crippen LogP contribution in [0, 0.1) is 0 Å². The number of urea groups is 1. The topological polar surface area (TPSA) is 181 Å². The Morgan fingerprint density at radius 2 is 1.57 bits per heavy atom. The van der Waals surface area contributed by atoms with Gasteiger partial charge in [-0.15, -0.1) is 0 Å². The molecule has 2 heterocycles. The van der Waals surface area contributed by atoms with Gasteiger partial charge in [-0.1, -0.05) is 45.0 Å². The molecule has 3 amide bonds. The van der Waals surface area contributed by atoms with Crippen molar-refractivity contribution in [2.45, 2.75) is 32.6 Å². The van der Waals surface area contributed by atoms with Crippen LogP contribution in [0.2, 0.25) is 0 Å². The minimum absolute atomic E-state index is 0.144. The van der Waals surface area contributed by atoms with Gasteiger partial charge in [-0.2, -0.15) is 0 Å². The van der Waals surface area contributed by atoms with Crippen LogP contribution in [-0.2, 0) is 26.2 Å². The maximum Gasteiger partial charge on any atom is 0.323 e. The summed E-state index contributed by atoms with van der Waals surface area (Å²) in [5, 5.41) is 10.5. The Kier molecular flexibility index (Phi) is 14.1. The van der Waals surface area contributed by atoms with Gasteiger partial charge in [0.05, 0.1) is 43.1 Å². The summed E-state index contributed by atoms with van der Waals surface area (Å²) >= 11 is 0. The van der Waals surface area contributed by atoms with Crippen molar-refractivity contribution in [1.29, 1.82) is 0 Å². The third-order valence-corrected chi connectivity index (χ3v) is 11.9. The van der Waals surface area contributed by atoms with Crippen LogP contribution in [0.5, 0.6) is 23.0 Å². The predicted octanol–water partition coefficient (Wildman–Crippen LogP) is 7.63. The van der Waals surface area contributed by atoms with Gasteiger partial charge in [0.15, 0.2) is 5.75 Å². The van der Waals surface area contributed by atoms with Gasteiger partial charge in [-0.05, 0) is 66.4 Å². The Labute approximate surface area is 359 Å². The van der Waals surface area contributed by atoms with Gasteiger partial charge >= 0.3 is 6.03 Å². The molecular weight excluding hydrogens is 819 g/mol. The maximum atomic E-state index is 13.5. The highest BCUT2D eigenvalue weighted by molar-refractivity contribution is 7.92. The molecule has 6 rings (SSSR count). The number of benzene rings is 4. The monoisotopic (exact) mass is 871 g/mol. The molecule has 1 aliphatic heterocycles. The molecule has 5 aromatic rings. The fraction of sp³-hybridized carbons (Fsp3) is 0.341. The summed E-state index contributed by atoms with van der Waals surface area (Å²) < 4.78 is 56.1. The first-order valence-corrected chi connectivity index (χ1v) is 23.1. The first-order valence-electron chi connectivity index (χ1n) is 19.7. The van der Waals surface area contributed by atoms with Crippen LogP contribution in [0.4, 0.5) is 33.4 Å². The van der Waals surface area contributed by atoms with Crippen LogP contribution >= 0.6 is 0 Å². The van der Waals surface area contributed by atoms with Gasteiger partial charge in [0.2, 0.25) is 10.0 Å². The van der Waals surface area contributed by atoms with E-state index in [0.29, 0.717) is 63.4 Å². The fourth-order valence-electron chi connectivity index (χ4n) is 6.90. The van der Waals surface area contributed by atoms with E-state index in [-0.39, 0.29) is 28.4 Å². The van der Waals surface area contributed by atoms with Crippen LogP contribution in [-0.4, -0.2) is 105 Å². The van der Waals surface area contributed by atoms with Crippen molar-refractivity contribution < 1.29 is 36.4 Å². The summed E-state index contributed by atoms with van der Waals surface area (Å²) in [7, 11) is 0.350. The first kappa shape index (κ1) is 44.6. The Bertz CT molecular complexity index is 2540. The molecule has 0 atom stereocenters. The number of hydrogen-bond acceptors (Lipinski definition) is 11. The Balaban J connectivity index is 1.13. The Morgan fingerprint density at radius 1 is 0.869 bits per heavy atom. The number of methoxy groups -OCH3 is 2. The van der Waals surface area contributed by atoms with E-state index < -0.39 is 26.9 Å². The third kappa shape index (κ3) is 11.7. The Morgan fingerprint density at radius 3 is 2.26 bits per heavy atom. The first-order chi connectivity index (χ1) is 29.0. The largest absolute Gasteiger partial charge is 0.496 e. The zero-order chi connectivity index (χ0) is 43.9. The van der Waals surface area contributed by atoms with Crippen LogP contribution in [0.25, 0.3) is 10.8 Å². The highest BCUT2D eigenvalue weighted by atomic mass is 32.2. The molecule has 17 heteroatoms. The van der Waals surface area contributed by atoms with Gasteiger partial charge in [0.25, 0.3) is 5.91 Å². The SMILES string of the molecule is COc1cc(Nc2cc(Oc3ccc(NC(=O)Nc4cc(C(C)(C)C)cc(NS(C)(=O)=O)c4OC)c4ccccc34)ccn2)ccc1C(=O)N(C)CCCN1CCS(=O)CC1. The molecule has 1 saturated heterocycles. The molecule has 4 N–H and O–H groups in total. The number of aromatic nitrogens is 1. The summed E-state index contributed by atoms with van der Waals surface area (Å²) in [6, 6.07) is 22.6. The van der Waals surface area contributed by atoms with E-state index in [9.17, 15) is 22.2 Å². The number of carbonyl (C=O) groups is 2. The number of fused-ring (bicyclic) bond motifs is 1. The van der Waals surface area contributed by atoms with Crippen molar-refractivity contribution in [3.05, 3.63) is 96.2 Å². The molecular formula is C44H53N7O8S2. The van der Waals surface area contributed by atoms with Crippen molar-refractivity contribution in [2.24, 2.45) is 0 Å². The summed E-state index contributed by atoms with van der Waals surface area (Å²) in [5.74, 6) is 3.40. The van der Waals surface area contributed by atoms with Crippen molar-refractivity contribution in [3.63, 3.8) is 0 Å². The normalized spacial score (nSPS) is 13.6.